The fourth-order valence-corrected chi connectivity index (χ4v) is 3.96. The van der Waals surface area contributed by atoms with Crippen LogP contribution in [0.4, 0.5) is 17.1 Å². The fourth-order valence-electron chi connectivity index (χ4n) is 3.96. The highest BCUT2D eigenvalue weighted by Gasteiger charge is 2.12. The predicted octanol–water partition coefficient (Wildman–Crippen LogP) is 8.81. The van der Waals surface area contributed by atoms with Crippen molar-refractivity contribution in [2.45, 2.75) is 34.1 Å². The van der Waals surface area contributed by atoms with Crippen molar-refractivity contribution in [3.05, 3.63) is 124 Å². The molecule has 4 aromatic carbocycles. The Morgan fingerprint density at radius 3 is 1.53 bits per heavy atom. The van der Waals surface area contributed by atoms with E-state index in [1.807, 2.05) is 0 Å². The summed E-state index contributed by atoms with van der Waals surface area (Å²) in [5, 5.41) is 0. The minimum atomic E-state index is 1.04. The molecule has 160 valence electrons. The zero-order valence-corrected chi connectivity index (χ0v) is 19.5. The van der Waals surface area contributed by atoms with Crippen LogP contribution in [0.1, 0.15) is 40.3 Å². The van der Waals surface area contributed by atoms with Gasteiger partial charge in [0.25, 0.3) is 0 Å². The minimum Gasteiger partial charge on any atom is -0.311 e. The highest BCUT2D eigenvalue weighted by Crippen LogP contribution is 2.34. The lowest BCUT2D eigenvalue weighted by molar-refractivity contribution is 1.12. The lowest BCUT2D eigenvalue weighted by atomic mass is 10.0. The SMILES string of the molecule is CCc1cc(C)ccc1/C=C/c1ccc(N(c2ccc(C)cc2)c2ccc(C)cc2)cc1. The van der Waals surface area contributed by atoms with Crippen LogP contribution in [-0.4, -0.2) is 0 Å². The first-order valence-electron chi connectivity index (χ1n) is 11.3. The molecule has 0 radical (unpaired) electrons. The van der Waals surface area contributed by atoms with E-state index in [1.165, 1.54) is 33.4 Å². The van der Waals surface area contributed by atoms with Gasteiger partial charge in [0, 0.05) is 17.1 Å². The molecule has 0 bridgehead atoms. The van der Waals surface area contributed by atoms with Gasteiger partial charge >= 0.3 is 0 Å². The van der Waals surface area contributed by atoms with Crippen LogP contribution in [0, 0.1) is 20.8 Å². The first-order valence-corrected chi connectivity index (χ1v) is 11.3. The van der Waals surface area contributed by atoms with Gasteiger partial charge in [-0.1, -0.05) is 90.4 Å². The highest BCUT2D eigenvalue weighted by atomic mass is 15.1. The van der Waals surface area contributed by atoms with E-state index >= 15 is 0 Å². The van der Waals surface area contributed by atoms with Crippen LogP contribution in [0.25, 0.3) is 12.2 Å². The molecular weight excluding hydrogens is 386 g/mol. The maximum atomic E-state index is 2.31. The van der Waals surface area contributed by atoms with Crippen LogP contribution in [0.15, 0.2) is 91.0 Å². The first kappa shape index (κ1) is 21.6. The molecule has 0 unspecified atom stereocenters. The molecule has 0 aliphatic heterocycles. The maximum Gasteiger partial charge on any atom is 0.0462 e. The number of nitrogens with zero attached hydrogens (tertiary/aromatic N) is 1. The van der Waals surface area contributed by atoms with Gasteiger partial charge in [0.1, 0.15) is 0 Å². The summed E-state index contributed by atoms with van der Waals surface area (Å²) < 4.78 is 0. The summed E-state index contributed by atoms with van der Waals surface area (Å²) in [5.41, 5.74) is 11.2. The van der Waals surface area contributed by atoms with Crippen LogP contribution in [0.5, 0.6) is 0 Å². The van der Waals surface area contributed by atoms with Gasteiger partial charge in [0.05, 0.1) is 0 Å². The Labute approximate surface area is 192 Å². The van der Waals surface area contributed by atoms with Crippen molar-refractivity contribution in [1.29, 1.82) is 0 Å². The first-order chi connectivity index (χ1) is 15.5. The third kappa shape index (κ3) is 5.00. The molecule has 0 saturated carbocycles. The van der Waals surface area contributed by atoms with Gasteiger partial charge in [-0.2, -0.15) is 0 Å². The number of aryl methyl sites for hydroxylation is 4. The normalized spacial score (nSPS) is 11.1. The van der Waals surface area contributed by atoms with Gasteiger partial charge in [-0.3, -0.25) is 0 Å². The minimum absolute atomic E-state index is 1.04. The lowest BCUT2D eigenvalue weighted by Gasteiger charge is -2.25. The molecule has 0 aromatic heterocycles. The van der Waals surface area contributed by atoms with E-state index in [1.54, 1.807) is 0 Å². The average Bonchev–Trinajstić information content (AvgIpc) is 2.81. The van der Waals surface area contributed by atoms with Gasteiger partial charge < -0.3 is 4.90 Å². The molecular formula is C31H31N. The van der Waals surface area contributed by atoms with E-state index in [4.69, 9.17) is 0 Å². The summed E-state index contributed by atoms with van der Waals surface area (Å²) in [4.78, 5) is 2.31. The third-order valence-corrected chi connectivity index (χ3v) is 5.87. The standard InChI is InChI=1S/C31H31N/c1-5-27-22-25(4)6-14-28(27)15-11-26-12-20-31(21-13-26)32(29-16-7-23(2)8-17-29)30-18-9-24(3)10-19-30/h6-22H,5H2,1-4H3/b15-11+. The summed E-state index contributed by atoms with van der Waals surface area (Å²) in [7, 11) is 0. The quantitative estimate of drug-likeness (QED) is 0.283. The smallest absolute Gasteiger partial charge is 0.0462 e. The number of benzene rings is 4. The second-order valence-electron chi connectivity index (χ2n) is 8.49. The fraction of sp³-hybridized carbons (Fsp3) is 0.161. The van der Waals surface area contributed by atoms with Crippen LogP contribution < -0.4 is 4.90 Å². The van der Waals surface area contributed by atoms with E-state index < -0.39 is 0 Å². The molecule has 0 amide bonds. The number of anilines is 3. The molecule has 4 rings (SSSR count). The Bertz CT molecular complexity index is 1150. The molecule has 0 N–H and O–H groups in total. The second-order valence-corrected chi connectivity index (χ2v) is 8.49. The number of rotatable bonds is 6. The Morgan fingerprint density at radius 1 is 0.562 bits per heavy atom. The Balaban J connectivity index is 1.65. The van der Waals surface area contributed by atoms with Gasteiger partial charge in [0.15, 0.2) is 0 Å². The molecule has 1 heteroatoms. The van der Waals surface area contributed by atoms with Crippen LogP contribution in [-0.2, 0) is 6.42 Å². The molecule has 0 spiro atoms. The topological polar surface area (TPSA) is 3.24 Å². The molecule has 0 aliphatic rings. The molecule has 0 saturated heterocycles. The van der Waals surface area contributed by atoms with Crippen molar-refractivity contribution in [1.82, 2.24) is 0 Å². The summed E-state index contributed by atoms with van der Waals surface area (Å²) in [6.07, 6.45) is 5.48. The van der Waals surface area contributed by atoms with Crippen molar-refractivity contribution >= 4 is 29.2 Å². The summed E-state index contributed by atoms with van der Waals surface area (Å²) in [6, 6.07) is 32.9. The maximum absolute atomic E-state index is 2.31. The largest absolute Gasteiger partial charge is 0.311 e. The monoisotopic (exact) mass is 417 g/mol. The Hall–Kier alpha value is -3.58. The van der Waals surface area contributed by atoms with Crippen LogP contribution >= 0.6 is 0 Å². The van der Waals surface area contributed by atoms with E-state index in [9.17, 15) is 0 Å². The molecule has 0 atom stereocenters. The molecule has 32 heavy (non-hydrogen) atoms. The van der Waals surface area contributed by atoms with E-state index in [-0.39, 0.29) is 0 Å². The zero-order valence-electron chi connectivity index (χ0n) is 19.5. The van der Waals surface area contributed by atoms with Gasteiger partial charge in [0.2, 0.25) is 0 Å². The molecule has 4 aromatic rings. The highest BCUT2D eigenvalue weighted by molar-refractivity contribution is 5.78. The molecule has 1 nitrogen and oxygen atoms in total. The summed E-state index contributed by atoms with van der Waals surface area (Å²) >= 11 is 0. The number of hydrogen-bond donors (Lipinski definition) is 0. The molecule has 0 heterocycles. The predicted molar refractivity (Wildman–Crippen MR) is 140 cm³/mol. The van der Waals surface area contributed by atoms with E-state index in [0.29, 0.717) is 0 Å². The zero-order chi connectivity index (χ0) is 22.5. The van der Waals surface area contributed by atoms with E-state index in [2.05, 4.69) is 136 Å². The lowest BCUT2D eigenvalue weighted by Crippen LogP contribution is -2.09. The number of hydrogen-bond acceptors (Lipinski definition) is 1. The third-order valence-electron chi connectivity index (χ3n) is 5.87. The van der Waals surface area contributed by atoms with Crippen molar-refractivity contribution in [2.75, 3.05) is 4.90 Å². The van der Waals surface area contributed by atoms with Gasteiger partial charge in [-0.25, -0.2) is 0 Å². The van der Waals surface area contributed by atoms with Crippen molar-refractivity contribution in [3.8, 4) is 0 Å². The average molecular weight is 418 g/mol. The summed E-state index contributed by atoms with van der Waals surface area (Å²) in [6.45, 7) is 8.61. The summed E-state index contributed by atoms with van der Waals surface area (Å²) in [5.74, 6) is 0. The van der Waals surface area contributed by atoms with Crippen LogP contribution in [0.3, 0.4) is 0 Å². The van der Waals surface area contributed by atoms with Crippen molar-refractivity contribution < 1.29 is 0 Å². The molecule has 0 aliphatic carbocycles. The Morgan fingerprint density at radius 2 is 1.03 bits per heavy atom. The van der Waals surface area contributed by atoms with E-state index in [0.717, 1.165) is 23.5 Å². The van der Waals surface area contributed by atoms with Crippen molar-refractivity contribution in [3.63, 3.8) is 0 Å². The van der Waals surface area contributed by atoms with Gasteiger partial charge in [-0.05, 0) is 80.3 Å². The molecule has 0 fully saturated rings. The van der Waals surface area contributed by atoms with Gasteiger partial charge in [-0.15, -0.1) is 0 Å². The second kappa shape index (κ2) is 9.70. The van der Waals surface area contributed by atoms with Crippen molar-refractivity contribution in [2.24, 2.45) is 0 Å². The van der Waals surface area contributed by atoms with Crippen LogP contribution in [0.2, 0.25) is 0 Å². The Kier molecular flexibility index (Phi) is 6.56.